The maximum Gasteiger partial charge on any atom is 0.340 e. The number of esters is 1. The van der Waals surface area contributed by atoms with Crippen LogP contribution in [-0.2, 0) is 9.53 Å². The third kappa shape index (κ3) is 3.50. The van der Waals surface area contributed by atoms with Crippen LogP contribution in [0.5, 0.6) is 0 Å². The molecule has 0 bridgehead atoms. The molecule has 0 unspecified atom stereocenters. The highest BCUT2D eigenvalue weighted by Crippen LogP contribution is 2.25. The lowest BCUT2D eigenvalue weighted by Gasteiger charge is -2.13. The number of aromatic nitrogens is 1. The van der Waals surface area contributed by atoms with E-state index in [1.807, 2.05) is 38.1 Å². The molecule has 1 aromatic heterocycles. The van der Waals surface area contributed by atoms with E-state index in [0.29, 0.717) is 40.1 Å². The van der Waals surface area contributed by atoms with Crippen LogP contribution in [0.3, 0.4) is 0 Å². The van der Waals surface area contributed by atoms with Gasteiger partial charge in [0.25, 0.3) is 5.91 Å². The number of nitrogens with one attached hydrogen (secondary N) is 2. The van der Waals surface area contributed by atoms with Crippen LogP contribution in [0.1, 0.15) is 39.8 Å². The predicted molar refractivity (Wildman–Crippen MR) is 109 cm³/mol. The van der Waals surface area contributed by atoms with Gasteiger partial charge in [-0.1, -0.05) is 17.7 Å². The molecule has 1 saturated heterocycles. The molecular weight excluding hydrogens is 362 g/mol. The van der Waals surface area contributed by atoms with Crippen LogP contribution in [0.25, 0.3) is 6.08 Å². The van der Waals surface area contributed by atoms with Gasteiger partial charge in [0, 0.05) is 11.4 Å². The van der Waals surface area contributed by atoms with Crippen molar-refractivity contribution < 1.29 is 14.3 Å². The number of benzene rings is 1. The molecule has 1 fully saturated rings. The smallest absolute Gasteiger partial charge is 0.340 e. The Hall–Kier alpha value is -2.93. The van der Waals surface area contributed by atoms with Gasteiger partial charge in [0.2, 0.25) is 0 Å². The number of aromatic amines is 1. The Bertz CT molecular complexity index is 958. The first-order valence-corrected chi connectivity index (χ1v) is 9.04. The Labute approximate surface area is 163 Å². The van der Waals surface area contributed by atoms with E-state index in [0.717, 1.165) is 11.1 Å². The summed E-state index contributed by atoms with van der Waals surface area (Å²) < 4.78 is 5.10. The van der Waals surface area contributed by atoms with Crippen LogP contribution in [0.2, 0.25) is 0 Å². The number of rotatable bonds is 4. The van der Waals surface area contributed by atoms with Gasteiger partial charge in [-0.3, -0.25) is 9.69 Å². The Kier molecular flexibility index (Phi) is 5.14. The number of carbonyl (C=O) groups excluding carboxylic acids is 2. The summed E-state index contributed by atoms with van der Waals surface area (Å²) in [7, 11) is 0. The van der Waals surface area contributed by atoms with Crippen molar-refractivity contribution in [3.8, 4) is 0 Å². The molecule has 140 valence electrons. The lowest BCUT2D eigenvalue weighted by atomic mass is 10.1. The van der Waals surface area contributed by atoms with Crippen molar-refractivity contribution in [2.45, 2.75) is 27.7 Å². The lowest BCUT2D eigenvalue weighted by Crippen LogP contribution is -2.30. The van der Waals surface area contributed by atoms with Gasteiger partial charge in [0.1, 0.15) is 5.70 Å². The van der Waals surface area contributed by atoms with Gasteiger partial charge in [-0.2, -0.15) is 0 Å². The molecule has 1 aliphatic rings. The second-order valence-electron chi connectivity index (χ2n) is 6.35. The average Bonchev–Trinajstić information content (AvgIpc) is 3.05. The number of hydrogen-bond donors (Lipinski definition) is 2. The summed E-state index contributed by atoms with van der Waals surface area (Å²) in [5.74, 6) is -0.621. The summed E-state index contributed by atoms with van der Waals surface area (Å²) in [5.41, 5.74) is 4.74. The molecule has 0 atom stereocenters. The van der Waals surface area contributed by atoms with Gasteiger partial charge in [-0.05, 0) is 63.7 Å². The zero-order valence-corrected chi connectivity index (χ0v) is 16.5. The molecule has 1 aromatic carbocycles. The molecule has 0 radical (unpaired) electrons. The summed E-state index contributed by atoms with van der Waals surface area (Å²) in [6.45, 7) is 7.67. The Morgan fingerprint density at radius 2 is 1.89 bits per heavy atom. The van der Waals surface area contributed by atoms with Gasteiger partial charge in [-0.25, -0.2) is 4.79 Å². The lowest BCUT2D eigenvalue weighted by molar-refractivity contribution is -0.113. The fourth-order valence-corrected chi connectivity index (χ4v) is 3.33. The highest BCUT2D eigenvalue weighted by molar-refractivity contribution is 7.80. The van der Waals surface area contributed by atoms with Crippen molar-refractivity contribution in [2.24, 2.45) is 0 Å². The summed E-state index contributed by atoms with van der Waals surface area (Å²) >= 11 is 5.33. The van der Waals surface area contributed by atoms with E-state index in [-0.39, 0.29) is 11.9 Å². The summed E-state index contributed by atoms with van der Waals surface area (Å²) in [6.07, 6.45) is 1.67. The SMILES string of the molecule is CCOC(=O)c1c(C)[nH]c(/C=C2\NC(=S)N(c3ccc(C)cc3)C2=O)c1C. The highest BCUT2D eigenvalue weighted by atomic mass is 32.1. The van der Waals surface area contributed by atoms with E-state index >= 15 is 0 Å². The molecule has 7 heteroatoms. The summed E-state index contributed by atoms with van der Waals surface area (Å²) in [5, 5.41) is 3.28. The topological polar surface area (TPSA) is 74.4 Å². The predicted octanol–water partition coefficient (Wildman–Crippen LogP) is 3.38. The number of aryl methyl sites for hydroxylation is 2. The number of nitrogens with zero attached hydrogens (tertiary/aromatic N) is 1. The average molecular weight is 383 g/mol. The summed E-state index contributed by atoms with van der Waals surface area (Å²) in [4.78, 5) is 29.6. The molecule has 0 aliphatic carbocycles. The molecule has 2 heterocycles. The van der Waals surface area contributed by atoms with Crippen molar-refractivity contribution in [1.29, 1.82) is 0 Å². The fraction of sp³-hybridized carbons (Fsp3) is 0.250. The fourth-order valence-electron chi connectivity index (χ4n) is 3.04. The maximum atomic E-state index is 12.8. The highest BCUT2D eigenvalue weighted by Gasteiger charge is 2.32. The molecule has 0 saturated carbocycles. The van der Waals surface area contributed by atoms with Gasteiger partial charge >= 0.3 is 5.97 Å². The van der Waals surface area contributed by atoms with Crippen LogP contribution in [-0.4, -0.2) is 28.6 Å². The maximum absolute atomic E-state index is 12.8. The number of hydrogen-bond acceptors (Lipinski definition) is 4. The van der Waals surface area contributed by atoms with Crippen molar-refractivity contribution in [3.05, 3.63) is 58.0 Å². The number of thiocarbonyl (C=S) groups is 1. The largest absolute Gasteiger partial charge is 0.462 e. The first-order valence-electron chi connectivity index (χ1n) is 8.63. The van der Waals surface area contributed by atoms with Crippen molar-refractivity contribution in [3.63, 3.8) is 0 Å². The van der Waals surface area contributed by atoms with E-state index in [1.54, 1.807) is 19.9 Å². The van der Waals surface area contributed by atoms with Crippen LogP contribution < -0.4 is 10.2 Å². The molecule has 1 aliphatic heterocycles. The van der Waals surface area contributed by atoms with E-state index in [9.17, 15) is 9.59 Å². The van der Waals surface area contributed by atoms with Crippen LogP contribution in [0.4, 0.5) is 5.69 Å². The van der Waals surface area contributed by atoms with Crippen molar-refractivity contribution in [1.82, 2.24) is 10.3 Å². The number of anilines is 1. The molecule has 27 heavy (non-hydrogen) atoms. The zero-order chi connectivity index (χ0) is 19.7. The van der Waals surface area contributed by atoms with Crippen LogP contribution >= 0.6 is 12.2 Å². The molecule has 2 aromatic rings. The Morgan fingerprint density at radius 3 is 2.52 bits per heavy atom. The van der Waals surface area contributed by atoms with Crippen LogP contribution in [0.15, 0.2) is 30.0 Å². The Balaban J connectivity index is 1.94. The quantitative estimate of drug-likeness (QED) is 0.481. The summed E-state index contributed by atoms with van der Waals surface area (Å²) in [6, 6.07) is 7.56. The zero-order valence-electron chi connectivity index (χ0n) is 15.7. The minimum Gasteiger partial charge on any atom is -0.462 e. The van der Waals surface area contributed by atoms with E-state index in [4.69, 9.17) is 17.0 Å². The van der Waals surface area contributed by atoms with Gasteiger partial charge in [0.15, 0.2) is 5.11 Å². The number of ether oxygens (including phenoxy) is 1. The Morgan fingerprint density at radius 1 is 1.22 bits per heavy atom. The third-order valence-electron chi connectivity index (χ3n) is 4.41. The monoisotopic (exact) mass is 383 g/mol. The first-order chi connectivity index (χ1) is 12.8. The molecule has 3 rings (SSSR count). The molecule has 2 N–H and O–H groups in total. The van der Waals surface area contributed by atoms with Gasteiger partial charge in [0.05, 0.1) is 17.9 Å². The number of amides is 1. The second kappa shape index (κ2) is 7.36. The molecular formula is C20H21N3O3S. The van der Waals surface area contributed by atoms with Crippen molar-refractivity contribution in [2.75, 3.05) is 11.5 Å². The molecule has 6 nitrogen and oxygen atoms in total. The van der Waals surface area contributed by atoms with Crippen molar-refractivity contribution >= 4 is 41.0 Å². The number of carbonyl (C=O) groups is 2. The minimum atomic E-state index is -0.379. The molecule has 0 spiro atoms. The van der Waals surface area contributed by atoms with E-state index in [1.165, 1.54) is 4.90 Å². The number of H-pyrrole nitrogens is 1. The normalized spacial score (nSPS) is 15.4. The first kappa shape index (κ1) is 18.8. The third-order valence-corrected chi connectivity index (χ3v) is 4.70. The van der Waals surface area contributed by atoms with E-state index < -0.39 is 0 Å². The molecule has 1 amide bonds. The van der Waals surface area contributed by atoms with Crippen LogP contribution in [0, 0.1) is 20.8 Å². The minimum absolute atomic E-state index is 0.242. The van der Waals surface area contributed by atoms with Gasteiger partial charge in [-0.15, -0.1) is 0 Å². The standard InChI is InChI=1S/C20H21N3O3S/c1-5-26-19(25)17-12(3)15(21-13(17)4)10-16-18(24)23(20(27)22-16)14-8-6-11(2)7-9-14/h6-10,21H,5H2,1-4H3,(H,22,27)/b16-10-. The van der Waals surface area contributed by atoms with Gasteiger partial charge < -0.3 is 15.0 Å². The van der Waals surface area contributed by atoms with E-state index in [2.05, 4.69) is 10.3 Å². The second-order valence-corrected chi connectivity index (χ2v) is 6.74.